The van der Waals surface area contributed by atoms with Gasteiger partial charge in [-0.1, -0.05) is 24.3 Å². The first-order chi connectivity index (χ1) is 14.9. The molecule has 1 fully saturated rings. The number of nitrogens with zero attached hydrogens (tertiary/aromatic N) is 2. The zero-order valence-corrected chi connectivity index (χ0v) is 18.3. The van der Waals surface area contributed by atoms with Gasteiger partial charge < -0.3 is 14.8 Å². The summed E-state index contributed by atoms with van der Waals surface area (Å²) in [5.74, 6) is 0.652. The second-order valence-corrected chi connectivity index (χ2v) is 9.57. The van der Waals surface area contributed by atoms with E-state index in [-0.39, 0.29) is 10.8 Å². The molecule has 1 saturated heterocycles. The van der Waals surface area contributed by atoms with Gasteiger partial charge in [0.05, 0.1) is 24.2 Å². The highest BCUT2D eigenvalue weighted by atomic mass is 32.2. The highest BCUT2D eigenvalue weighted by molar-refractivity contribution is 7.89. The summed E-state index contributed by atoms with van der Waals surface area (Å²) in [7, 11) is -3.62. The van der Waals surface area contributed by atoms with Crippen molar-refractivity contribution in [1.82, 2.24) is 9.21 Å². The number of rotatable bonds is 5. The van der Waals surface area contributed by atoms with E-state index in [2.05, 4.69) is 10.2 Å². The van der Waals surface area contributed by atoms with E-state index in [9.17, 15) is 13.2 Å². The number of sulfonamides is 1. The monoisotopic (exact) mass is 445 g/mol. The lowest BCUT2D eigenvalue weighted by Gasteiger charge is -2.27. The van der Waals surface area contributed by atoms with E-state index in [1.807, 2.05) is 31.2 Å². The summed E-state index contributed by atoms with van der Waals surface area (Å²) in [5, 5.41) is 2.87. The van der Waals surface area contributed by atoms with Crippen molar-refractivity contribution in [1.29, 1.82) is 0 Å². The minimum absolute atomic E-state index is 0.164. The molecular formula is C22H27N3O5S. The predicted molar refractivity (Wildman–Crippen MR) is 116 cm³/mol. The van der Waals surface area contributed by atoms with Crippen molar-refractivity contribution in [2.24, 2.45) is 0 Å². The summed E-state index contributed by atoms with van der Waals surface area (Å²) in [5.41, 5.74) is 1.50. The molecule has 0 bridgehead atoms. The molecule has 0 saturated carbocycles. The van der Waals surface area contributed by atoms with Gasteiger partial charge in [-0.15, -0.1) is 0 Å². The molecule has 1 N–H and O–H groups in total. The molecule has 0 aromatic heterocycles. The number of hydrogen-bond donors (Lipinski definition) is 1. The first-order valence-corrected chi connectivity index (χ1v) is 11.8. The molecule has 0 spiro atoms. The molecule has 1 unspecified atom stereocenters. The summed E-state index contributed by atoms with van der Waals surface area (Å²) >= 11 is 0. The molecule has 2 aliphatic rings. The van der Waals surface area contributed by atoms with E-state index in [1.165, 1.54) is 10.4 Å². The van der Waals surface area contributed by atoms with Gasteiger partial charge in [-0.25, -0.2) is 8.42 Å². The van der Waals surface area contributed by atoms with Gasteiger partial charge in [-0.3, -0.25) is 9.69 Å². The van der Waals surface area contributed by atoms with Crippen molar-refractivity contribution in [3.05, 3.63) is 54.1 Å². The largest absolute Gasteiger partial charge is 0.492 e. The third-order valence-electron chi connectivity index (χ3n) is 5.62. The van der Waals surface area contributed by atoms with E-state index in [4.69, 9.17) is 9.47 Å². The van der Waals surface area contributed by atoms with Crippen molar-refractivity contribution >= 4 is 21.6 Å². The maximum absolute atomic E-state index is 12.9. The SMILES string of the molecule is CC(C(=O)Nc1cccc(S(=O)(=O)N2CCOCC2)c1)N1CCOc2ccccc2C1. The summed E-state index contributed by atoms with van der Waals surface area (Å²) in [6.45, 7) is 5.00. The Labute approximate surface area is 182 Å². The summed E-state index contributed by atoms with van der Waals surface area (Å²) in [6, 6.07) is 13.8. The quantitative estimate of drug-likeness (QED) is 0.757. The fourth-order valence-electron chi connectivity index (χ4n) is 3.76. The topological polar surface area (TPSA) is 88.2 Å². The Bertz CT molecular complexity index is 1040. The number of hydrogen-bond acceptors (Lipinski definition) is 6. The van der Waals surface area contributed by atoms with Crippen molar-refractivity contribution in [3.63, 3.8) is 0 Å². The summed E-state index contributed by atoms with van der Waals surface area (Å²) in [6.07, 6.45) is 0. The molecule has 2 aromatic rings. The summed E-state index contributed by atoms with van der Waals surface area (Å²) < 4.78 is 38.2. The van der Waals surface area contributed by atoms with Gasteiger partial charge >= 0.3 is 0 Å². The number of anilines is 1. The number of morpholine rings is 1. The molecular weight excluding hydrogens is 418 g/mol. The van der Waals surface area contributed by atoms with E-state index < -0.39 is 16.1 Å². The molecule has 1 amide bonds. The minimum atomic E-state index is -3.62. The Balaban J connectivity index is 1.45. The number of nitrogens with one attached hydrogen (secondary N) is 1. The number of ether oxygens (including phenoxy) is 2. The van der Waals surface area contributed by atoms with Crippen molar-refractivity contribution in [3.8, 4) is 5.75 Å². The number of fused-ring (bicyclic) bond motifs is 1. The van der Waals surface area contributed by atoms with E-state index in [1.54, 1.807) is 18.2 Å². The molecule has 2 aromatic carbocycles. The van der Waals surface area contributed by atoms with E-state index in [0.29, 0.717) is 51.7 Å². The van der Waals surface area contributed by atoms with Gasteiger partial charge in [-0.2, -0.15) is 4.31 Å². The van der Waals surface area contributed by atoms with Crippen LogP contribution in [0, 0.1) is 0 Å². The first kappa shape index (κ1) is 21.8. The van der Waals surface area contributed by atoms with Crippen molar-refractivity contribution in [2.45, 2.75) is 24.4 Å². The average Bonchev–Trinajstić information content (AvgIpc) is 3.02. The van der Waals surface area contributed by atoms with E-state index >= 15 is 0 Å². The number of para-hydroxylation sites is 1. The van der Waals surface area contributed by atoms with Crippen LogP contribution in [0.1, 0.15) is 12.5 Å². The number of carbonyl (C=O) groups is 1. The van der Waals surface area contributed by atoms with Crippen LogP contribution in [0.3, 0.4) is 0 Å². The van der Waals surface area contributed by atoms with E-state index in [0.717, 1.165) is 11.3 Å². The molecule has 0 aliphatic carbocycles. The van der Waals surface area contributed by atoms with Crippen LogP contribution in [0.5, 0.6) is 5.75 Å². The first-order valence-electron chi connectivity index (χ1n) is 10.4. The lowest BCUT2D eigenvalue weighted by molar-refractivity contribution is -0.121. The van der Waals surface area contributed by atoms with Crippen molar-refractivity contribution in [2.75, 3.05) is 44.8 Å². The average molecular weight is 446 g/mol. The highest BCUT2D eigenvalue weighted by Crippen LogP contribution is 2.24. The molecule has 2 aliphatic heterocycles. The fraction of sp³-hybridized carbons (Fsp3) is 0.409. The van der Waals surface area contributed by atoms with Crippen LogP contribution in [-0.2, 0) is 26.1 Å². The van der Waals surface area contributed by atoms with Gasteiger partial charge in [0.15, 0.2) is 0 Å². The molecule has 4 rings (SSSR count). The maximum atomic E-state index is 12.9. The third kappa shape index (κ3) is 4.90. The standard InChI is InChI=1S/C22H27N3O5S/c1-17(24-9-14-30-21-8-3-2-5-18(21)16-24)22(26)23-19-6-4-7-20(15-19)31(27,28)25-10-12-29-13-11-25/h2-8,15,17H,9-14,16H2,1H3,(H,23,26). The Kier molecular flexibility index (Phi) is 6.57. The molecule has 31 heavy (non-hydrogen) atoms. The van der Waals surface area contributed by atoms with Gasteiger partial charge in [0, 0.05) is 37.4 Å². The van der Waals surface area contributed by atoms with Crippen LogP contribution >= 0.6 is 0 Å². The Morgan fingerprint density at radius 1 is 1.03 bits per heavy atom. The molecule has 2 heterocycles. The van der Waals surface area contributed by atoms with Gasteiger partial charge in [0.25, 0.3) is 0 Å². The second-order valence-electron chi connectivity index (χ2n) is 7.64. The lowest BCUT2D eigenvalue weighted by Crippen LogP contribution is -2.42. The zero-order valence-electron chi connectivity index (χ0n) is 17.5. The van der Waals surface area contributed by atoms with Gasteiger partial charge in [0.2, 0.25) is 15.9 Å². The molecule has 1 atom stereocenters. The van der Waals surface area contributed by atoms with Crippen LogP contribution in [0.15, 0.2) is 53.4 Å². The van der Waals surface area contributed by atoms with Crippen LogP contribution in [0.25, 0.3) is 0 Å². The fourth-order valence-corrected chi connectivity index (χ4v) is 5.21. The Morgan fingerprint density at radius 3 is 2.61 bits per heavy atom. The number of amides is 1. The zero-order chi connectivity index (χ0) is 21.8. The molecule has 9 heteroatoms. The van der Waals surface area contributed by atoms with Crippen LogP contribution in [0.4, 0.5) is 5.69 Å². The smallest absolute Gasteiger partial charge is 0.243 e. The Morgan fingerprint density at radius 2 is 1.81 bits per heavy atom. The molecule has 8 nitrogen and oxygen atoms in total. The maximum Gasteiger partial charge on any atom is 0.243 e. The second kappa shape index (κ2) is 9.35. The highest BCUT2D eigenvalue weighted by Gasteiger charge is 2.28. The van der Waals surface area contributed by atoms with Crippen LogP contribution in [0.2, 0.25) is 0 Å². The predicted octanol–water partition coefficient (Wildman–Crippen LogP) is 1.93. The van der Waals surface area contributed by atoms with Gasteiger partial charge in [0.1, 0.15) is 12.4 Å². The van der Waals surface area contributed by atoms with Crippen LogP contribution < -0.4 is 10.1 Å². The number of carbonyl (C=O) groups excluding carboxylic acids is 1. The number of benzene rings is 2. The van der Waals surface area contributed by atoms with Gasteiger partial charge in [-0.05, 0) is 31.2 Å². The summed E-state index contributed by atoms with van der Waals surface area (Å²) in [4.78, 5) is 15.1. The minimum Gasteiger partial charge on any atom is -0.492 e. The molecule has 166 valence electrons. The van der Waals surface area contributed by atoms with Crippen LogP contribution in [-0.4, -0.2) is 69.0 Å². The third-order valence-corrected chi connectivity index (χ3v) is 7.51. The lowest BCUT2D eigenvalue weighted by atomic mass is 10.1. The van der Waals surface area contributed by atoms with Crippen molar-refractivity contribution < 1.29 is 22.7 Å². The normalized spacial score (nSPS) is 19.0. The Hall–Kier alpha value is -2.46. The molecule has 0 radical (unpaired) electrons.